The van der Waals surface area contributed by atoms with Gasteiger partial charge >= 0.3 is 0 Å². The second-order valence-corrected chi connectivity index (χ2v) is 5.20. The molecule has 1 aliphatic rings. The van der Waals surface area contributed by atoms with Crippen molar-refractivity contribution in [2.24, 2.45) is 0 Å². The van der Waals surface area contributed by atoms with Gasteiger partial charge in [-0.15, -0.1) is 0 Å². The summed E-state index contributed by atoms with van der Waals surface area (Å²) in [6, 6.07) is 16.4. The maximum atomic E-state index is 10.4. The third-order valence-electron chi connectivity index (χ3n) is 3.86. The van der Waals surface area contributed by atoms with Crippen LogP contribution in [-0.2, 0) is 5.41 Å². The zero-order valence-corrected chi connectivity index (χ0v) is 10.1. The van der Waals surface area contributed by atoms with Crippen LogP contribution in [-0.4, -0.2) is 5.11 Å². The molecule has 2 aromatic carbocycles. The fourth-order valence-electron chi connectivity index (χ4n) is 2.92. The van der Waals surface area contributed by atoms with Gasteiger partial charge in [-0.05, 0) is 22.3 Å². The molecule has 0 fully saturated rings. The number of aliphatic hydroxyl groups excluding tert-OH is 1. The minimum atomic E-state index is -0.490. The van der Waals surface area contributed by atoms with E-state index < -0.39 is 6.10 Å². The van der Waals surface area contributed by atoms with E-state index in [2.05, 4.69) is 26.0 Å². The Labute approximate surface area is 102 Å². The number of aliphatic hydroxyl groups is 1. The molecule has 0 heterocycles. The summed E-state index contributed by atoms with van der Waals surface area (Å²) in [5, 5.41) is 10.4. The van der Waals surface area contributed by atoms with Gasteiger partial charge in [-0.25, -0.2) is 0 Å². The normalized spacial score (nSPS) is 17.4. The molecule has 17 heavy (non-hydrogen) atoms. The van der Waals surface area contributed by atoms with Crippen molar-refractivity contribution in [2.45, 2.75) is 25.4 Å². The van der Waals surface area contributed by atoms with Gasteiger partial charge in [-0.2, -0.15) is 0 Å². The third-order valence-corrected chi connectivity index (χ3v) is 3.86. The first kappa shape index (κ1) is 10.5. The molecule has 0 amide bonds. The van der Waals surface area contributed by atoms with E-state index in [4.69, 9.17) is 0 Å². The van der Waals surface area contributed by atoms with E-state index in [9.17, 15) is 5.11 Å². The van der Waals surface area contributed by atoms with E-state index >= 15 is 0 Å². The van der Waals surface area contributed by atoms with Crippen LogP contribution in [0.1, 0.15) is 42.2 Å². The van der Waals surface area contributed by atoms with E-state index in [0.29, 0.717) is 0 Å². The molecule has 0 radical (unpaired) electrons. The second-order valence-electron chi connectivity index (χ2n) is 5.20. The predicted octanol–water partition coefficient (Wildman–Crippen LogP) is 3.41. The molecule has 0 atom stereocenters. The maximum Gasteiger partial charge on any atom is 0.105 e. The highest BCUT2D eigenvalue weighted by atomic mass is 16.3. The van der Waals surface area contributed by atoms with Crippen LogP contribution < -0.4 is 0 Å². The Bertz CT molecular complexity index is 520. The minimum absolute atomic E-state index is 0.0353. The smallest absolute Gasteiger partial charge is 0.105 e. The van der Waals surface area contributed by atoms with Crippen LogP contribution in [0.5, 0.6) is 0 Å². The van der Waals surface area contributed by atoms with Crippen LogP contribution in [0.3, 0.4) is 0 Å². The van der Waals surface area contributed by atoms with Crippen molar-refractivity contribution in [1.82, 2.24) is 0 Å². The summed E-state index contributed by atoms with van der Waals surface area (Å²) < 4.78 is 0. The Hall–Kier alpha value is -1.60. The Morgan fingerprint density at radius 1 is 0.824 bits per heavy atom. The highest BCUT2D eigenvalue weighted by Crippen LogP contribution is 2.45. The summed E-state index contributed by atoms with van der Waals surface area (Å²) in [7, 11) is 0. The first-order valence-corrected chi connectivity index (χ1v) is 5.99. The van der Waals surface area contributed by atoms with Gasteiger partial charge in [0.05, 0.1) is 0 Å². The number of rotatable bonds is 0. The lowest BCUT2D eigenvalue weighted by molar-refractivity contribution is 0.210. The monoisotopic (exact) mass is 224 g/mol. The van der Waals surface area contributed by atoms with E-state index in [0.717, 1.165) is 11.1 Å². The van der Waals surface area contributed by atoms with E-state index in [-0.39, 0.29) is 5.41 Å². The van der Waals surface area contributed by atoms with E-state index in [1.54, 1.807) is 0 Å². The van der Waals surface area contributed by atoms with Gasteiger partial charge in [0.1, 0.15) is 6.10 Å². The summed E-state index contributed by atoms with van der Waals surface area (Å²) in [5.74, 6) is 0. The second kappa shape index (κ2) is 3.44. The third kappa shape index (κ3) is 1.36. The Morgan fingerprint density at radius 3 is 1.71 bits per heavy atom. The molecule has 0 aliphatic heterocycles. The zero-order chi connectivity index (χ0) is 12.0. The van der Waals surface area contributed by atoms with Gasteiger partial charge in [0.2, 0.25) is 0 Å². The lowest BCUT2D eigenvalue weighted by Crippen LogP contribution is -2.29. The highest BCUT2D eigenvalue weighted by molar-refractivity contribution is 5.54. The zero-order valence-electron chi connectivity index (χ0n) is 10.1. The predicted molar refractivity (Wildman–Crippen MR) is 69.1 cm³/mol. The largest absolute Gasteiger partial charge is 0.384 e. The topological polar surface area (TPSA) is 20.2 Å². The minimum Gasteiger partial charge on any atom is -0.384 e. The van der Waals surface area contributed by atoms with Gasteiger partial charge in [-0.3, -0.25) is 0 Å². The fourth-order valence-corrected chi connectivity index (χ4v) is 2.92. The molecule has 3 rings (SSSR count). The molecule has 2 aromatic rings. The molecule has 0 saturated carbocycles. The lowest BCUT2D eigenvalue weighted by atomic mass is 9.68. The molecule has 1 nitrogen and oxygen atoms in total. The molecular formula is C16H16O. The lowest BCUT2D eigenvalue weighted by Gasteiger charge is -2.37. The molecule has 1 N–H and O–H groups in total. The van der Waals surface area contributed by atoms with Crippen molar-refractivity contribution in [3.05, 3.63) is 70.8 Å². The van der Waals surface area contributed by atoms with Crippen molar-refractivity contribution in [1.29, 1.82) is 0 Å². The summed E-state index contributed by atoms with van der Waals surface area (Å²) in [6.07, 6.45) is -0.490. The molecule has 86 valence electrons. The Morgan fingerprint density at radius 2 is 1.24 bits per heavy atom. The molecule has 0 aromatic heterocycles. The molecule has 1 heteroatoms. The van der Waals surface area contributed by atoms with Crippen molar-refractivity contribution >= 4 is 0 Å². The van der Waals surface area contributed by atoms with Crippen LogP contribution in [0.4, 0.5) is 0 Å². The first-order valence-electron chi connectivity index (χ1n) is 5.99. The molecule has 0 unspecified atom stereocenters. The average molecular weight is 224 g/mol. The van der Waals surface area contributed by atoms with Crippen LogP contribution in [0.15, 0.2) is 48.5 Å². The molecule has 1 aliphatic carbocycles. The highest BCUT2D eigenvalue weighted by Gasteiger charge is 2.35. The molecule has 0 spiro atoms. The summed E-state index contributed by atoms with van der Waals surface area (Å²) in [5.41, 5.74) is 4.50. The fraction of sp³-hybridized carbons (Fsp3) is 0.250. The maximum absolute atomic E-state index is 10.4. The van der Waals surface area contributed by atoms with Gasteiger partial charge in [0.25, 0.3) is 0 Å². The summed E-state index contributed by atoms with van der Waals surface area (Å²) >= 11 is 0. The Balaban J connectivity index is 2.34. The first-order chi connectivity index (χ1) is 8.12. The molecule has 0 saturated heterocycles. The van der Waals surface area contributed by atoms with Gasteiger partial charge < -0.3 is 5.11 Å². The van der Waals surface area contributed by atoms with Crippen molar-refractivity contribution < 1.29 is 5.11 Å². The van der Waals surface area contributed by atoms with Crippen molar-refractivity contribution in [2.75, 3.05) is 0 Å². The SMILES string of the molecule is CC1(C)c2ccccc2C(O)c2ccccc21. The van der Waals surface area contributed by atoms with Crippen molar-refractivity contribution in [3.63, 3.8) is 0 Å². The van der Waals surface area contributed by atoms with Gasteiger partial charge in [-0.1, -0.05) is 62.4 Å². The Kier molecular flexibility index (Phi) is 2.14. The van der Waals surface area contributed by atoms with Gasteiger partial charge in [0, 0.05) is 5.41 Å². The van der Waals surface area contributed by atoms with Crippen LogP contribution >= 0.6 is 0 Å². The van der Waals surface area contributed by atoms with Gasteiger partial charge in [0.15, 0.2) is 0 Å². The molecular weight excluding hydrogens is 208 g/mol. The molecule has 0 bridgehead atoms. The number of hydrogen-bond acceptors (Lipinski definition) is 1. The summed E-state index contributed by atoms with van der Waals surface area (Å²) in [6.45, 7) is 4.44. The number of benzene rings is 2. The number of hydrogen-bond donors (Lipinski definition) is 1. The van der Waals surface area contributed by atoms with Crippen LogP contribution in [0.25, 0.3) is 0 Å². The average Bonchev–Trinajstić information content (AvgIpc) is 2.37. The van der Waals surface area contributed by atoms with E-state index in [1.165, 1.54) is 11.1 Å². The standard InChI is InChI=1S/C16H16O/c1-16(2)13-9-5-3-7-11(13)15(17)12-8-4-6-10-14(12)16/h3-10,15,17H,1-2H3. The van der Waals surface area contributed by atoms with Crippen molar-refractivity contribution in [3.8, 4) is 0 Å². The number of fused-ring (bicyclic) bond motifs is 2. The van der Waals surface area contributed by atoms with E-state index in [1.807, 2.05) is 36.4 Å². The van der Waals surface area contributed by atoms with Crippen LogP contribution in [0, 0.1) is 0 Å². The summed E-state index contributed by atoms with van der Waals surface area (Å²) in [4.78, 5) is 0. The quantitative estimate of drug-likeness (QED) is 0.727. The van der Waals surface area contributed by atoms with Crippen LogP contribution in [0.2, 0.25) is 0 Å².